The number of rotatable bonds is 8. The number of H-pyrrole nitrogens is 1. The maximum Gasteiger partial charge on any atom is 0.416 e. The molecule has 2 heterocycles. The van der Waals surface area contributed by atoms with Crippen molar-refractivity contribution in [2.24, 2.45) is 0 Å². The molecule has 40 heavy (non-hydrogen) atoms. The van der Waals surface area contributed by atoms with Gasteiger partial charge in [0, 0.05) is 13.0 Å². The van der Waals surface area contributed by atoms with E-state index >= 15 is 0 Å². The van der Waals surface area contributed by atoms with Crippen LogP contribution in [-0.2, 0) is 33.0 Å². The fourth-order valence-corrected chi connectivity index (χ4v) is 5.16. The summed E-state index contributed by atoms with van der Waals surface area (Å²) in [5.41, 5.74) is -5.10. The smallest absolute Gasteiger partial charge is 0.372 e. The van der Waals surface area contributed by atoms with E-state index in [0.717, 1.165) is 5.56 Å². The van der Waals surface area contributed by atoms with E-state index in [0.29, 0.717) is 12.1 Å². The number of hydrogen-bond donors (Lipinski definition) is 2. The third-order valence-electron chi connectivity index (χ3n) is 7.52. The van der Waals surface area contributed by atoms with Crippen LogP contribution < -0.4 is 11.0 Å². The minimum atomic E-state index is -4.98. The van der Waals surface area contributed by atoms with Crippen LogP contribution in [0.4, 0.5) is 26.3 Å². The standard InChI is InChI=1S/C27H28F6N4O3/c1-3-22(38)25(37-16-35-36-23(37)39)10-9-24(34-14-25,19-7-5-4-6-8-19)15-40-17(2)18-11-20(26(28,29)30)13-21(12-18)27(31,32)33/h4-8,11-13,16-17,34H,3,9-10,14-15H2,1-2H3,(H,36,39)/t17-,24-,25+/m1/s1. The first-order chi connectivity index (χ1) is 18.7. The van der Waals surface area contributed by atoms with Crippen molar-refractivity contribution < 1.29 is 35.9 Å². The number of carbonyl (C=O) groups excluding carboxylic acids is 1. The van der Waals surface area contributed by atoms with Gasteiger partial charge in [-0.15, -0.1) is 0 Å². The Morgan fingerprint density at radius 1 is 1.05 bits per heavy atom. The third-order valence-corrected chi connectivity index (χ3v) is 7.52. The van der Waals surface area contributed by atoms with Crippen LogP contribution in [0.5, 0.6) is 0 Å². The second-order valence-electron chi connectivity index (χ2n) is 9.93. The van der Waals surface area contributed by atoms with Gasteiger partial charge in [-0.2, -0.15) is 31.4 Å². The molecular formula is C27H28F6N4O3. The SMILES string of the molecule is CCC(=O)[C@]1(n2cn[nH]c2=O)CC[C@@](CO[C@H](C)c2cc(C(F)(F)F)cc(C(F)(F)F)c2)(c2ccccc2)NC1. The number of Topliss-reactive ketones (excluding diaryl/α,β-unsaturated/α-hetero) is 1. The molecule has 0 amide bonds. The van der Waals surface area contributed by atoms with Crippen molar-refractivity contribution in [1.82, 2.24) is 20.1 Å². The molecule has 3 aromatic rings. The number of ketones is 1. The number of benzene rings is 2. The van der Waals surface area contributed by atoms with Gasteiger partial charge in [-0.25, -0.2) is 9.89 Å². The Morgan fingerprint density at radius 3 is 2.15 bits per heavy atom. The number of nitrogens with zero attached hydrogens (tertiary/aromatic N) is 2. The summed E-state index contributed by atoms with van der Waals surface area (Å²) in [6.07, 6.45) is -9.20. The quantitative estimate of drug-likeness (QED) is 0.357. The number of alkyl halides is 6. The van der Waals surface area contributed by atoms with Crippen molar-refractivity contribution in [3.05, 3.63) is 87.6 Å². The summed E-state index contributed by atoms with van der Waals surface area (Å²) in [5, 5.41) is 9.40. The van der Waals surface area contributed by atoms with Crippen molar-refractivity contribution in [3.63, 3.8) is 0 Å². The monoisotopic (exact) mass is 570 g/mol. The van der Waals surface area contributed by atoms with Crippen LogP contribution in [0.25, 0.3) is 0 Å². The van der Waals surface area contributed by atoms with E-state index in [2.05, 4.69) is 15.5 Å². The normalized spacial score (nSPS) is 22.7. The second-order valence-corrected chi connectivity index (χ2v) is 9.93. The van der Waals surface area contributed by atoms with Crippen molar-refractivity contribution in [1.29, 1.82) is 0 Å². The zero-order valence-electron chi connectivity index (χ0n) is 21.7. The lowest BCUT2D eigenvalue weighted by Gasteiger charge is -2.47. The van der Waals surface area contributed by atoms with Crippen LogP contribution in [0.2, 0.25) is 0 Å². The lowest BCUT2D eigenvalue weighted by atomic mass is 9.74. The van der Waals surface area contributed by atoms with Gasteiger partial charge in [0.1, 0.15) is 11.9 Å². The molecule has 0 bridgehead atoms. The molecule has 0 saturated carbocycles. The fourth-order valence-electron chi connectivity index (χ4n) is 5.16. The van der Waals surface area contributed by atoms with Gasteiger partial charge < -0.3 is 10.1 Å². The molecule has 0 spiro atoms. The van der Waals surface area contributed by atoms with Crippen molar-refractivity contribution in [3.8, 4) is 0 Å². The van der Waals surface area contributed by atoms with Crippen LogP contribution in [0.1, 0.15) is 61.5 Å². The Morgan fingerprint density at radius 2 is 1.68 bits per heavy atom. The minimum Gasteiger partial charge on any atom is -0.372 e. The molecule has 1 aliphatic heterocycles. The fraction of sp³-hybridized carbons (Fsp3) is 0.444. The van der Waals surface area contributed by atoms with E-state index in [-0.39, 0.29) is 49.8 Å². The molecule has 0 radical (unpaired) electrons. The lowest BCUT2D eigenvalue weighted by Crippen LogP contribution is -2.63. The van der Waals surface area contributed by atoms with E-state index < -0.39 is 46.4 Å². The number of piperidine rings is 1. The highest BCUT2D eigenvalue weighted by atomic mass is 19.4. The van der Waals surface area contributed by atoms with Crippen LogP contribution in [0, 0.1) is 0 Å². The van der Waals surface area contributed by atoms with Crippen molar-refractivity contribution >= 4 is 5.78 Å². The Labute approximate surface area is 225 Å². The van der Waals surface area contributed by atoms with E-state index in [1.807, 2.05) is 12.1 Å². The van der Waals surface area contributed by atoms with Gasteiger partial charge in [0.25, 0.3) is 0 Å². The second kappa shape index (κ2) is 10.8. The molecule has 1 aromatic heterocycles. The molecule has 3 atom stereocenters. The molecule has 1 saturated heterocycles. The van der Waals surface area contributed by atoms with Gasteiger partial charge in [0.05, 0.1) is 29.4 Å². The zero-order chi connectivity index (χ0) is 29.3. The lowest BCUT2D eigenvalue weighted by molar-refractivity contribution is -0.143. The van der Waals surface area contributed by atoms with Gasteiger partial charge in [0.15, 0.2) is 5.78 Å². The van der Waals surface area contributed by atoms with E-state index in [1.165, 1.54) is 17.8 Å². The highest BCUT2D eigenvalue weighted by molar-refractivity contribution is 5.86. The number of carbonyl (C=O) groups is 1. The average Bonchev–Trinajstić information content (AvgIpc) is 3.37. The van der Waals surface area contributed by atoms with Gasteiger partial charge in [0.2, 0.25) is 0 Å². The maximum absolute atomic E-state index is 13.4. The van der Waals surface area contributed by atoms with E-state index in [9.17, 15) is 35.9 Å². The average molecular weight is 571 g/mol. The summed E-state index contributed by atoms with van der Waals surface area (Å²) in [6, 6.07) is 10.4. The number of aromatic amines is 1. The Kier molecular flexibility index (Phi) is 8.01. The topological polar surface area (TPSA) is 89.0 Å². The first kappa shape index (κ1) is 29.5. The molecule has 0 unspecified atom stereocenters. The van der Waals surface area contributed by atoms with Crippen LogP contribution in [0.3, 0.4) is 0 Å². The largest absolute Gasteiger partial charge is 0.416 e. The third kappa shape index (κ3) is 5.71. The van der Waals surface area contributed by atoms with Gasteiger partial charge >= 0.3 is 18.0 Å². The maximum atomic E-state index is 13.4. The van der Waals surface area contributed by atoms with Crippen molar-refractivity contribution in [2.45, 2.75) is 62.6 Å². The van der Waals surface area contributed by atoms with Crippen molar-refractivity contribution in [2.75, 3.05) is 13.2 Å². The number of aromatic nitrogens is 3. The summed E-state index contributed by atoms with van der Waals surface area (Å²) in [7, 11) is 0. The van der Waals surface area contributed by atoms with E-state index in [1.54, 1.807) is 25.1 Å². The molecule has 216 valence electrons. The summed E-state index contributed by atoms with van der Waals surface area (Å²) in [6.45, 7) is 2.95. The summed E-state index contributed by atoms with van der Waals surface area (Å²) < 4.78 is 87.6. The molecule has 2 aromatic carbocycles. The Balaban J connectivity index is 1.65. The van der Waals surface area contributed by atoms with Crippen LogP contribution in [-0.4, -0.2) is 33.7 Å². The molecular weight excluding hydrogens is 542 g/mol. The summed E-state index contributed by atoms with van der Waals surface area (Å²) in [4.78, 5) is 25.5. The van der Waals surface area contributed by atoms with Gasteiger partial charge in [-0.3, -0.25) is 9.36 Å². The van der Waals surface area contributed by atoms with Gasteiger partial charge in [-0.1, -0.05) is 37.3 Å². The minimum absolute atomic E-state index is 0.0214. The summed E-state index contributed by atoms with van der Waals surface area (Å²) >= 11 is 0. The molecule has 13 heteroatoms. The molecule has 2 N–H and O–H groups in total. The van der Waals surface area contributed by atoms with Crippen LogP contribution in [0.15, 0.2) is 59.7 Å². The molecule has 1 aliphatic rings. The van der Waals surface area contributed by atoms with Crippen LogP contribution >= 0.6 is 0 Å². The number of hydrogen-bond acceptors (Lipinski definition) is 5. The number of nitrogens with one attached hydrogen (secondary N) is 2. The highest BCUT2D eigenvalue weighted by Gasteiger charge is 2.49. The predicted molar refractivity (Wildman–Crippen MR) is 132 cm³/mol. The number of halogens is 6. The first-order valence-corrected chi connectivity index (χ1v) is 12.6. The predicted octanol–water partition coefficient (Wildman–Crippen LogP) is 5.34. The molecule has 7 nitrogen and oxygen atoms in total. The zero-order valence-corrected chi connectivity index (χ0v) is 21.7. The highest BCUT2D eigenvalue weighted by Crippen LogP contribution is 2.41. The summed E-state index contributed by atoms with van der Waals surface area (Å²) in [5.74, 6) is -0.192. The molecule has 0 aliphatic carbocycles. The van der Waals surface area contributed by atoms with Gasteiger partial charge in [-0.05, 0) is 49.1 Å². The van der Waals surface area contributed by atoms with E-state index in [4.69, 9.17) is 4.74 Å². The molecule has 1 fully saturated rings. The number of ether oxygens (including phenoxy) is 1. The first-order valence-electron chi connectivity index (χ1n) is 12.6. The Bertz CT molecular complexity index is 1360. The molecule has 4 rings (SSSR count). The Hall–Kier alpha value is -3.45.